The highest BCUT2D eigenvalue weighted by Crippen LogP contribution is 2.44. The number of amides is 1. The molecule has 1 spiro atoms. The summed E-state index contributed by atoms with van der Waals surface area (Å²) >= 11 is 5.95. The van der Waals surface area contributed by atoms with Crippen LogP contribution in [-0.2, 0) is 16.6 Å². The van der Waals surface area contributed by atoms with E-state index in [1.54, 1.807) is 29.2 Å². The molecule has 1 aliphatic carbocycles. The molecule has 142 valence electrons. The quantitative estimate of drug-likeness (QED) is 0.722. The number of carbonyl (C=O) groups is 1. The molecule has 1 saturated heterocycles. The van der Waals surface area contributed by atoms with E-state index in [0.717, 1.165) is 12.1 Å². The van der Waals surface area contributed by atoms with Crippen LogP contribution in [0.4, 0.5) is 5.95 Å². The maximum absolute atomic E-state index is 12.7. The second kappa shape index (κ2) is 6.65. The molecule has 1 fully saturated rings. The molecule has 8 heteroatoms. The minimum absolute atomic E-state index is 0.134. The number of hydrogen-bond donors (Lipinski definition) is 3. The molecule has 4 N–H and O–H groups in total. The van der Waals surface area contributed by atoms with Gasteiger partial charge in [0.25, 0.3) is 11.5 Å². The third kappa shape index (κ3) is 3.11. The first-order chi connectivity index (χ1) is 12.9. The first-order valence-electron chi connectivity index (χ1n) is 9.01. The lowest BCUT2D eigenvalue weighted by Crippen LogP contribution is -2.46. The van der Waals surface area contributed by atoms with E-state index in [4.69, 9.17) is 17.3 Å². The number of anilines is 1. The van der Waals surface area contributed by atoms with E-state index in [1.807, 2.05) is 0 Å². The number of nitrogens with one attached hydrogen (secondary N) is 1. The molecule has 27 heavy (non-hydrogen) atoms. The van der Waals surface area contributed by atoms with Crippen LogP contribution >= 0.6 is 11.6 Å². The number of H-pyrrole nitrogens is 1. The molecule has 2 heterocycles. The van der Waals surface area contributed by atoms with Gasteiger partial charge in [0.15, 0.2) is 6.10 Å². The van der Waals surface area contributed by atoms with Gasteiger partial charge in [0.2, 0.25) is 5.95 Å². The Balaban J connectivity index is 1.50. The first kappa shape index (κ1) is 18.0. The van der Waals surface area contributed by atoms with Gasteiger partial charge in [0, 0.05) is 29.1 Å². The van der Waals surface area contributed by atoms with Gasteiger partial charge in [-0.1, -0.05) is 23.7 Å². The summed E-state index contributed by atoms with van der Waals surface area (Å²) < 4.78 is 0. The SMILES string of the molecule is Nc1nc2c(c(=O)[nH]1)CCC21CCN(C(=O)C(O)c2cccc(Cl)c2)CC1. The number of aliphatic hydroxyl groups is 1. The second-order valence-corrected chi connectivity index (χ2v) is 7.78. The zero-order chi connectivity index (χ0) is 19.2. The van der Waals surface area contributed by atoms with Crippen molar-refractivity contribution in [2.45, 2.75) is 37.2 Å². The molecule has 1 atom stereocenters. The number of aromatic nitrogens is 2. The molecule has 0 radical (unpaired) electrons. The molecule has 4 rings (SSSR count). The molecule has 1 unspecified atom stereocenters. The Morgan fingerprint density at radius 2 is 2.07 bits per heavy atom. The molecule has 7 nitrogen and oxygen atoms in total. The Hall–Kier alpha value is -2.38. The Kier molecular flexibility index (Phi) is 4.44. The number of aliphatic hydroxyl groups excluding tert-OH is 1. The monoisotopic (exact) mass is 388 g/mol. The van der Waals surface area contributed by atoms with Crippen LogP contribution in [0.5, 0.6) is 0 Å². The summed E-state index contributed by atoms with van der Waals surface area (Å²) in [5, 5.41) is 10.9. The highest BCUT2D eigenvalue weighted by molar-refractivity contribution is 6.30. The van der Waals surface area contributed by atoms with Crippen LogP contribution in [0.15, 0.2) is 29.1 Å². The number of rotatable bonds is 2. The molecule has 2 aliphatic rings. The van der Waals surface area contributed by atoms with Crippen molar-refractivity contribution in [2.24, 2.45) is 0 Å². The average Bonchev–Trinajstić information content (AvgIpc) is 2.99. The number of hydrogen-bond acceptors (Lipinski definition) is 5. The normalized spacial score (nSPS) is 19.1. The van der Waals surface area contributed by atoms with Crippen molar-refractivity contribution in [1.82, 2.24) is 14.9 Å². The third-order valence-corrected chi connectivity index (χ3v) is 6.06. The Morgan fingerprint density at radius 1 is 1.33 bits per heavy atom. The molecular weight excluding hydrogens is 368 g/mol. The summed E-state index contributed by atoms with van der Waals surface area (Å²) in [4.78, 5) is 33.5. The van der Waals surface area contributed by atoms with Crippen LogP contribution in [0, 0.1) is 0 Å². The molecule has 2 aromatic rings. The van der Waals surface area contributed by atoms with Crippen molar-refractivity contribution in [3.05, 3.63) is 56.5 Å². The molecule has 0 saturated carbocycles. The van der Waals surface area contributed by atoms with Crippen LogP contribution in [0.25, 0.3) is 0 Å². The Labute approximate surface area is 161 Å². The predicted octanol–water partition coefficient (Wildman–Crippen LogP) is 1.55. The van der Waals surface area contributed by atoms with Gasteiger partial charge >= 0.3 is 0 Å². The Bertz CT molecular complexity index is 950. The van der Waals surface area contributed by atoms with E-state index in [-0.39, 0.29) is 22.8 Å². The lowest BCUT2D eigenvalue weighted by Gasteiger charge is -2.40. The van der Waals surface area contributed by atoms with Gasteiger partial charge in [-0.2, -0.15) is 0 Å². The number of fused-ring (bicyclic) bond motifs is 2. The van der Waals surface area contributed by atoms with Crippen molar-refractivity contribution < 1.29 is 9.90 Å². The number of benzene rings is 1. The van der Waals surface area contributed by atoms with E-state index >= 15 is 0 Å². The maximum atomic E-state index is 12.7. The molecule has 1 amide bonds. The number of piperidine rings is 1. The maximum Gasteiger partial charge on any atom is 0.256 e. The number of carbonyl (C=O) groups excluding carboxylic acids is 1. The highest BCUT2D eigenvalue weighted by Gasteiger charge is 2.45. The zero-order valence-corrected chi connectivity index (χ0v) is 15.5. The summed E-state index contributed by atoms with van der Waals surface area (Å²) in [6, 6.07) is 6.70. The van der Waals surface area contributed by atoms with Crippen LogP contribution in [-0.4, -0.2) is 39.0 Å². The minimum Gasteiger partial charge on any atom is -0.378 e. The minimum atomic E-state index is -1.23. The third-order valence-electron chi connectivity index (χ3n) is 5.82. The number of likely N-dealkylation sites (tertiary alicyclic amines) is 1. The van der Waals surface area contributed by atoms with E-state index in [1.165, 1.54) is 0 Å². The van der Waals surface area contributed by atoms with E-state index in [2.05, 4.69) is 9.97 Å². The average molecular weight is 389 g/mol. The predicted molar refractivity (Wildman–Crippen MR) is 101 cm³/mol. The smallest absolute Gasteiger partial charge is 0.256 e. The summed E-state index contributed by atoms with van der Waals surface area (Å²) in [7, 11) is 0. The number of halogens is 1. The largest absolute Gasteiger partial charge is 0.378 e. The van der Waals surface area contributed by atoms with Gasteiger partial charge in [0.1, 0.15) is 0 Å². The van der Waals surface area contributed by atoms with Crippen LogP contribution < -0.4 is 11.3 Å². The fourth-order valence-electron chi connectivity index (χ4n) is 4.30. The van der Waals surface area contributed by atoms with E-state index < -0.39 is 6.10 Å². The van der Waals surface area contributed by atoms with Gasteiger partial charge < -0.3 is 15.7 Å². The lowest BCUT2D eigenvalue weighted by molar-refractivity contribution is -0.142. The Morgan fingerprint density at radius 3 is 2.78 bits per heavy atom. The van der Waals surface area contributed by atoms with Crippen LogP contribution in [0.3, 0.4) is 0 Å². The zero-order valence-electron chi connectivity index (χ0n) is 14.7. The standard InChI is InChI=1S/C19H21ClN4O3/c20-12-3-1-2-11(10-12)14(25)17(27)24-8-6-19(7-9-24)5-4-13-15(19)22-18(21)23-16(13)26/h1-3,10,14,25H,4-9H2,(H3,21,22,23,26). The summed E-state index contributed by atoms with van der Waals surface area (Å²) in [5.74, 6) is -0.196. The van der Waals surface area contributed by atoms with E-state index in [9.17, 15) is 14.7 Å². The van der Waals surface area contributed by atoms with Crippen molar-refractivity contribution in [3.63, 3.8) is 0 Å². The molecule has 0 bridgehead atoms. The highest BCUT2D eigenvalue weighted by atomic mass is 35.5. The topological polar surface area (TPSA) is 112 Å². The van der Waals surface area contributed by atoms with Crippen LogP contribution in [0.1, 0.15) is 42.2 Å². The van der Waals surface area contributed by atoms with Gasteiger partial charge in [-0.15, -0.1) is 0 Å². The molecule has 1 aromatic carbocycles. The van der Waals surface area contributed by atoms with Crippen LogP contribution in [0.2, 0.25) is 5.02 Å². The van der Waals surface area contributed by atoms with Gasteiger partial charge in [-0.3, -0.25) is 14.6 Å². The fourth-order valence-corrected chi connectivity index (χ4v) is 4.50. The van der Waals surface area contributed by atoms with Crippen molar-refractivity contribution in [3.8, 4) is 0 Å². The number of nitrogens with zero attached hydrogens (tertiary/aromatic N) is 2. The second-order valence-electron chi connectivity index (χ2n) is 7.34. The van der Waals surface area contributed by atoms with Crippen molar-refractivity contribution >= 4 is 23.5 Å². The number of aromatic amines is 1. The number of nitrogens with two attached hydrogens (primary N) is 1. The van der Waals surface area contributed by atoms with Crippen molar-refractivity contribution in [1.29, 1.82) is 0 Å². The lowest BCUT2D eigenvalue weighted by atomic mass is 9.76. The molecule has 1 aromatic heterocycles. The summed E-state index contributed by atoms with van der Waals surface area (Å²) in [6.45, 7) is 1.01. The van der Waals surface area contributed by atoms with Gasteiger partial charge in [-0.25, -0.2) is 4.98 Å². The summed E-state index contributed by atoms with van der Waals surface area (Å²) in [5.41, 5.74) is 7.34. The van der Waals surface area contributed by atoms with E-state index in [0.29, 0.717) is 48.5 Å². The molecule has 1 aliphatic heterocycles. The van der Waals surface area contributed by atoms with Gasteiger partial charge in [-0.05, 0) is 43.4 Å². The van der Waals surface area contributed by atoms with Crippen molar-refractivity contribution in [2.75, 3.05) is 18.8 Å². The van der Waals surface area contributed by atoms with Gasteiger partial charge in [0.05, 0.1) is 5.69 Å². The summed E-state index contributed by atoms with van der Waals surface area (Å²) in [6.07, 6.45) is 1.68. The fraction of sp³-hybridized carbons (Fsp3) is 0.421. The number of nitrogen functional groups attached to an aromatic ring is 1. The first-order valence-corrected chi connectivity index (χ1v) is 9.39. The molecular formula is C19H21ClN4O3.